The van der Waals surface area contributed by atoms with Crippen molar-refractivity contribution in [1.29, 1.82) is 0 Å². The van der Waals surface area contributed by atoms with E-state index < -0.39 is 24.2 Å². The molecular formula is C21H30O2. The first-order chi connectivity index (χ1) is 12.2. The molecule has 1 N–H and O–H groups in total. The molecule has 0 aliphatic heterocycles. The number of hydrogen-bond donors (Lipinski definition) is 1. The number of hydrogen-bond acceptors (Lipinski definition) is 1. The molecule has 0 saturated heterocycles. The zero-order valence-corrected chi connectivity index (χ0v) is 14.1. The highest BCUT2D eigenvalue weighted by molar-refractivity contribution is 5.66. The van der Waals surface area contributed by atoms with Crippen LogP contribution in [-0.4, -0.2) is 11.1 Å². The molecule has 0 amide bonds. The largest absolute Gasteiger partial charge is 0.481 e. The first kappa shape index (κ1) is 12.3. The fraction of sp³-hybridized carbons (Fsp3) is 0.762. The van der Waals surface area contributed by atoms with E-state index in [9.17, 15) is 9.90 Å². The number of aliphatic carboxylic acids is 1. The van der Waals surface area contributed by atoms with Gasteiger partial charge in [0.1, 0.15) is 0 Å². The van der Waals surface area contributed by atoms with Gasteiger partial charge in [0.25, 0.3) is 0 Å². The Morgan fingerprint density at radius 3 is 3.09 bits per heavy atom. The topological polar surface area (TPSA) is 37.3 Å². The lowest BCUT2D eigenvalue weighted by Gasteiger charge is -2.57. The molecule has 0 aromatic carbocycles. The van der Waals surface area contributed by atoms with Gasteiger partial charge in [-0.3, -0.25) is 4.79 Å². The van der Waals surface area contributed by atoms with Crippen LogP contribution in [-0.2, 0) is 4.79 Å². The van der Waals surface area contributed by atoms with Gasteiger partial charge in [0.15, 0.2) is 0 Å². The zero-order chi connectivity index (χ0) is 18.7. The first-order valence-corrected chi connectivity index (χ1v) is 9.31. The van der Waals surface area contributed by atoms with E-state index in [1.807, 2.05) is 6.08 Å². The van der Waals surface area contributed by atoms with Gasteiger partial charge in [-0.25, -0.2) is 0 Å². The van der Waals surface area contributed by atoms with Gasteiger partial charge < -0.3 is 5.11 Å². The van der Waals surface area contributed by atoms with Gasteiger partial charge in [0.05, 0.1) is 1.37 Å². The van der Waals surface area contributed by atoms with Crippen molar-refractivity contribution in [2.45, 2.75) is 71.1 Å². The van der Waals surface area contributed by atoms with Crippen molar-refractivity contribution in [2.75, 3.05) is 0 Å². The molecule has 0 bridgehead atoms. The third kappa shape index (κ3) is 2.32. The van der Waals surface area contributed by atoms with Crippen molar-refractivity contribution >= 4 is 5.97 Å². The molecule has 2 nitrogen and oxygen atoms in total. The Kier molecular flexibility index (Phi) is 2.95. The second-order valence-electron chi connectivity index (χ2n) is 8.31. The fourth-order valence-corrected chi connectivity index (χ4v) is 6.27. The van der Waals surface area contributed by atoms with Gasteiger partial charge in [-0.1, -0.05) is 37.1 Å². The molecule has 0 spiro atoms. The lowest BCUT2D eigenvalue weighted by Crippen LogP contribution is -2.49. The van der Waals surface area contributed by atoms with Gasteiger partial charge in [-0.05, 0) is 79.9 Å². The predicted molar refractivity (Wildman–Crippen MR) is 92.0 cm³/mol. The molecule has 2 heteroatoms. The first-order valence-electron chi connectivity index (χ1n) is 10.8. The third-order valence-corrected chi connectivity index (χ3v) is 7.38. The Morgan fingerprint density at radius 1 is 1.39 bits per heavy atom. The Hall–Kier alpha value is -1.05. The maximum atomic E-state index is 11.3. The molecule has 2 saturated carbocycles. The lowest BCUT2D eigenvalue weighted by molar-refractivity contribution is -0.138. The number of rotatable bonds is 3. The number of carbonyl (C=O) groups is 1. The number of carboxylic acid groups (broad SMARTS) is 1. The van der Waals surface area contributed by atoms with Crippen molar-refractivity contribution < 1.29 is 14.0 Å². The quantitative estimate of drug-likeness (QED) is 0.712. The minimum absolute atomic E-state index is 0.0691. The molecule has 0 aromatic rings. The monoisotopic (exact) mass is 317 g/mol. The van der Waals surface area contributed by atoms with Crippen LogP contribution in [0.3, 0.4) is 0 Å². The minimum Gasteiger partial charge on any atom is -0.481 e. The van der Waals surface area contributed by atoms with Gasteiger partial charge in [0.2, 0.25) is 0 Å². The number of allylic oxidation sites excluding steroid dienone is 4. The molecule has 4 aliphatic carbocycles. The molecule has 0 unspecified atom stereocenters. The smallest absolute Gasteiger partial charge is 0.303 e. The second kappa shape index (κ2) is 5.50. The molecule has 4 aliphatic rings. The van der Waals surface area contributed by atoms with Crippen LogP contribution in [0.4, 0.5) is 0 Å². The van der Waals surface area contributed by atoms with Crippen LogP contribution < -0.4 is 0 Å². The van der Waals surface area contributed by atoms with Gasteiger partial charge >= 0.3 is 5.97 Å². The number of carboxylic acids is 1. The average Bonchev–Trinajstić information content (AvgIpc) is 2.92. The molecule has 126 valence electrons. The van der Waals surface area contributed by atoms with Crippen molar-refractivity contribution in [1.82, 2.24) is 0 Å². The van der Waals surface area contributed by atoms with Crippen molar-refractivity contribution in [3.05, 3.63) is 23.8 Å². The summed E-state index contributed by atoms with van der Waals surface area (Å²) >= 11 is 0. The van der Waals surface area contributed by atoms with Crippen molar-refractivity contribution in [3.8, 4) is 0 Å². The van der Waals surface area contributed by atoms with Crippen LogP contribution in [0.25, 0.3) is 0 Å². The van der Waals surface area contributed by atoms with Crippen LogP contribution in [0.5, 0.6) is 0 Å². The van der Waals surface area contributed by atoms with Gasteiger partial charge in [-0.15, -0.1) is 0 Å². The summed E-state index contributed by atoms with van der Waals surface area (Å²) < 4.78 is 25.8. The molecule has 0 radical (unpaired) electrons. The molecule has 0 aromatic heterocycles. The van der Waals surface area contributed by atoms with Crippen LogP contribution >= 0.6 is 0 Å². The third-order valence-electron chi connectivity index (χ3n) is 7.38. The molecular weight excluding hydrogens is 284 g/mol. The van der Waals surface area contributed by atoms with E-state index in [0.29, 0.717) is 24.3 Å². The van der Waals surface area contributed by atoms with Crippen LogP contribution in [0.15, 0.2) is 23.8 Å². The van der Waals surface area contributed by atoms with E-state index in [1.165, 1.54) is 25.7 Å². The highest BCUT2D eigenvalue weighted by atomic mass is 16.4. The molecule has 4 rings (SSSR count). The normalized spacial score (nSPS) is 47.9. The highest BCUT2D eigenvalue weighted by Gasteiger charge is 2.55. The Balaban J connectivity index is 1.73. The van der Waals surface area contributed by atoms with Gasteiger partial charge in [-0.2, -0.15) is 0 Å². The Labute approximate surface area is 144 Å². The highest BCUT2D eigenvalue weighted by Crippen LogP contribution is 2.64. The number of fused-ring (bicyclic) bond motifs is 5. The molecule has 5 atom stereocenters. The SMILES string of the molecule is [2H]C1=CC[C@H]2[C@@H]3CC=C4CCCC[C@]4(C)[C@H]3CC[C@]12C([2H])([2H])CC(=O)O. The summed E-state index contributed by atoms with van der Waals surface area (Å²) in [4.78, 5) is 11.3. The molecule has 23 heavy (non-hydrogen) atoms. The average molecular weight is 317 g/mol. The summed E-state index contributed by atoms with van der Waals surface area (Å²) in [6, 6.07) is 0.357. The Bertz CT molecular complexity index is 683. The van der Waals surface area contributed by atoms with E-state index in [1.54, 1.807) is 5.57 Å². The summed E-state index contributed by atoms with van der Waals surface area (Å²) in [6.07, 6.45) is 10.2. The van der Waals surface area contributed by atoms with Crippen molar-refractivity contribution in [2.24, 2.45) is 28.6 Å². The maximum absolute atomic E-state index is 11.3. The van der Waals surface area contributed by atoms with E-state index in [0.717, 1.165) is 19.3 Å². The maximum Gasteiger partial charge on any atom is 0.303 e. The van der Waals surface area contributed by atoms with Gasteiger partial charge in [0, 0.05) is 9.16 Å². The second-order valence-corrected chi connectivity index (χ2v) is 8.31. The summed E-state index contributed by atoms with van der Waals surface area (Å²) in [7, 11) is 0. The summed E-state index contributed by atoms with van der Waals surface area (Å²) in [5, 5.41) is 9.28. The molecule has 0 heterocycles. The summed E-state index contributed by atoms with van der Waals surface area (Å²) in [5.41, 5.74) is 0.934. The van der Waals surface area contributed by atoms with E-state index in [4.69, 9.17) is 4.11 Å². The Morgan fingerprint density at radius 2 is 2.26 bits per heavy atom. The standard InChI is InChI=1S/C21H30O2/c1-20-11-3-2-5-15(20)7-8-16-17(20)9-13-21(14-10-19(22)23)12-4-6-18(16)21/h4,7,12,16-18H,2-3,5-6,8-11,13-14H2,1H3,(H,22,23)/t16-,17+,18+,20+,21+/m1/s1/i12D,14D2. The van der Waals surface area contributed by atoms with E-state index >= 15 is 0 Å². The van der Waals surface area contributed by atoms with Crippen LogP contribution in [0, 0.1) is 28.6 Å². The van der Waals surface area contributed by atoms with Crippen LogP contribution in [0.2, 0.25) is 0 Å². The predicted octanol–water partition coefficient (Wildman–Crippen LogP) is 5.35. The fourth-order valence-electron chi connectivity index (χ4n) is 6.27. The van der Waals surface area contributed by atoms with E-state index in [-0.39, 0.29) is 11.3 Å². The van der Waals surface area contributed by atoms with Crippen molar-refractivity contribution in [3.63, 3.8) is 0 Å². The summed E-state index contributed by atoms with van der Waals surface area (Å²) in [6.45, 7) is 2.41. The van der Waals surface area contributed by atoms with E-state index in [2.05, 4.69) is 13.0 Å². The lowest BCUT2D eigenvalue weighted by atomic mass is 9.47. The van der Waals surface area contributed by atoms with Crippen LogP contribution in [0.1, 0.15) is 75.2 Å². The summed E-state index contributed by atoms with van der Waals surface area (Å²) in [5.74, 6) is -0.103. The molecule has 2 fully saturated rings. The minimum atomic E-state index is -1.87. The zero-order valence-electron chi connectivity index (χ0n) is 17.1.